The molecule has 0 radical (unpaired) electrons. The van der Waals surface area contributed by atoms with E-state index >= 15 is 0 Å². The number of nitrogens with two attached hydrogens (primary N) is 1. The standard InChI is InChI=1S/C21H32N4O7/c1-12(2)8-16(21(31)32)24-20(30)17(11-27)25-19(29)15(23-18(28)14(22)10-26)9-13-6-4-3-5-7-13/h3-7,12,14-17,26-27H,8-11,22H2,1-2H3,(H,23,28)(H,24,30)(H,25,29)(H,31,32). The van der Waals surface area contributed by atoms with E-state index in [9.17, 15) is 29.4 Å². The molecule has 0 spiro atoms. The highest BCUT2D eigenvalue weighted by Crippen LogP contribution is 2.07. The SMILES string of the molecule is CC(C)CC(NC(=O)C(CO)NC(=O)C(Cc1ccccc1)NC(=O)C(N)CO)C(=O)O. The first-order valence-corrected chi connectivity index (χ1v) is 10.2. The second-order valence-corrected chi connectivity index (χ2v) is 7.81. The maximum atomic E-state index is 12.8. The van der Waals surface area contributed by atoms with Crippen LogP contribution in [-0.4, -0.2) is 76.4 Å². The maximum absolute atomic E-state index is 12.8. The van der Waals surface area contributed by atoms with Gasteiger partial charge in [0.05, 0.1) is 13.2 Å². The summed E-state index contributed by atoms with van der Waals surface area (Å²) in [5.74, 6) is -3.67. The van der Waals surface area contributed by atoms with Gasteiger partial charge < -0.3 is 37.0 Å². The molecule has 178 valence electrons. The van der Waals surface area contributed by atoms with E-state index < -0.39 is 61.1 Å². The number of aliphatic hydroxyl groups is 2. The fourth-order valence-corrected chi connectivity index (χ4v) is 2.85. The molecule has 0 saturated heterocycles. The Balaban J connectivity index is 2.94. The van der Waals surface area contributed by atoms with Crippen LogP contribution in [0.25, 0.3) is 0 Å². The number of hydrogen-bond acceptors (Lipinski definition) is 7. The van der Waals surface area contributed by atoms with Crippen molar-refractivity contribution in [3.8, 4) is 0 Å². The van der Waals surface area contributed by atoms with Crippen molar-refractivity contribution in [1.29, 1.82) is 0 Å². The molecule has 0 aliphatic heterocycles. The van der Waals surface area contributed by atoms with Crippen molar-refractivity contribution >= 4 is 23.7 Å². The summed E-state index contributed by atoms with van der Waals surface area (Å²) in [5.41, 5.74) is 6.21. The lowest BCUT2D eigenvalue weighted by molar-refractivity contribution is -0.143. The lowest BCUT2D eigenvalue weighted by Crippen LogP contribution is -2.58. The number of aliphatic carboxylic acids is 1. The first-order valence-electron chi connectivity index (χ1n) is 10.2. The van der Waals surface area contributed by atoms with Gasteiger partial charge in [-0.3, -0.25) is 14.4 Å². The van der Waals surface area contributed by atoms with E-state index in [1.165, 1.54) is 0 Å². The highest BCUT2D eigenvalue weighted by Gasteiger charge is 2.30. The predicted molar refractivity (Wildman–Crippen MR) is 115 cm³/mol. The topological polar surface area (TPSA) is 191 Å². The molecule has 8 N–H and O–H groups in total. The Hall–Kier alpha value is -3.02. The van der Waals surface area contributed by atoms with E-state index in [1.807, 2.05) is 0 Å². The molecule has 4 unspecified atom stereocenters. The largest absolute Gasteiger partial charge is 0.480 e. The van der Waals surface area contributed by atoms with Crippen molar-refractivity contribution in [2.75, 3.05) is 13.2 Å². The van der Waals surface area contributed by atoms with Crippen molar-refractivity contribution in [3.05, 3.63) is 35.9 Å². The summed E-state index contributed by atoms with van der Waals surface area (Å²) in [6.07, 6.45) is 0.223. The predicted octanol–water partition coefficient (Wildman–Crippen LogP) is -1.87. The molecular weight excluding hydrogens is 420 g/mol. The molecule has 1 aromatic carbocycles. The molecule has 11 nitrogen and oxygen atoms in total. The number of carboxylic acid groups (broad SMARTS) is 1. The molecule has 0 heterocycles. The van der Waals surface area contributed by atoms with E-state index in [4.69, 9.17) is 10.8 Å². The number of benzene rings is 1. The minimum atomic E-state index is -1.43. The summed E-state index contributed by atoms with van der Waals surface area (Å²) in [4.78, 5) is 48.8. The smallest absolute Gasteiger partial charge is 0.326 e. The summed E-state index contributed by atoms with van der Waals surface area (Å²) in [6, 6.07) is 3.72. The zero-order chi connectivity index (χ0) is 24.3. The van der Waals surface area contributed by atoms with E-state index in [1.54, 1.807) is 44.2 Å². The third kappa shape index (κ3) is 9.00. The van der Waals surface area contributed by atoms with Crippen LogP contribution in [0.1, 0.15) is 25.8 Å². The van der Waals surface area contributed by atoms with Crippen molar-refractivity contribution < 1.29 is 34.5 Å². The van der Waals surface area contributed by atoms with Crippen LogP contribution in [0, 0.1) is 5.92 Å². The highest BCUT2D eigenvalue weighted by atomic mass is 16.4. The molecule has 4 atom stereocenters. The quantitative estimate of drug-likeness (QED) is 0.181. The summed E-state index contributed by atoms with van der Waals surface area (Å²) in [7, 11) is 0. The molecule has 32 heavy (non-hydrogen) atoms. The third-order valence-electron chi connectivity index (χ3n) is 4.59. The molecule has 3 amide bonds. The van der Waals surface area contributed by atoms with Crippen LogP contribution < -0.4 is 21.7 Å². The Labute approximate surface area is 186 Å². The number of carbonyl (C=O) groups excluding carboxylic acids is 3. The van der Waals surface area contributed by atoms with E-state index in [0.29, 0.717) is 5.56 Å². The number of hydrogen-bond donors (Lipinski definition) is 7. The van der Waals surface area contributed by atoms with Crippen LogP contribution in [0.2, 0.25) is 0 Å². The summed E-state index contributed by atoms with van der Waals surface area (Å²) >= 11 is 0. The Morgan fingerprint density at radius 1 is 0.844 bits per heavy atom. The number of rotatable bonds is 13. The maximum Gasteiger partial charge on any atom is 0.326 e. The van der Waals surface area contributed by atoms with Gasteiger partial charge in [-0.2, -0.15) is 0 Å². The van der Waals surface area contributed by atoms with Gasteiger partial charge in [-0.05, 0) is 17.9 Å². The summed E-state index contributed by atoms with van der Waals surface area (Å²) in [5, 5.41) is 35.0. The van der Waals surface area contributed by atoms with Crippen molar-refractivity contribution in [3.63, 3.8) is 0 Å². The van der Waals surface area contributed by atoms with Crippen LogP contribution in [0.4, 0.5) is 0 Å². The van der Waals surface area contributed by atoms with Gasteiger partial charge in [-0.15, -0.1) is 0 Å². The molecule has 0 fully saturated rings. The molecule has 0 aliphatic carbocycles. The Morgan fingerprint density at radius 3 is 1.88 bits per heavy atom. The van der Waals surface area contributed by atoms with Crippen LogP contribution in [-0.2, 0) is 25.6 Å². The fourth-order valence-electron chi connectivity index (χ4n) is 2.85. The number of nitrogens with one attached hydrogen (secondary N) is 3. The molecule has 0 bridgehead atoms. The van der Waals surface area contributed by atoms with Gasteiger partial charge in [0.1, 0.15) is 24.2 Å². The number of aliphatic hydroxyl groups excluding tert-OH is 2. The van der Waals surface area contributed by atoms with Crippen molar-refractivity contribution in [2.24, 2.45) is 11.7 Å². The second kappa shape index (κ2) is 13.4. The molecule has 0 aromatic heterocycles. The average molecular weight is 453 g/mol. The van der Waals surface area contributed by atoms with Gasteiger partial charge in [-0.1, -0.05) is 44.2 Å². The molecule has 11 heteroatoms. The van der Waals surface area contributed by atoms with E-state index in [2.05, 4.69) is 16.0 Å². The van der Waals surface area contributed by atoms with Gasteiger partial charge >= 0.3 is 5.97 Å². The van der Waals surface area contributed by atoms with Crippen LogP contribution >= 0.6 is 0 Å². The third-order valence-corrected chi connectivity index (χ3v) is 4.59. The normalized spacial score (nSPS) is 14.7. The average Bonchev–Trinajstić information content (AvgIpc) is 2.75. The summed E-state index contributed by atoms with van der Waals surface area (Å²) in [6.45, 7) is 2.18. The van der Waals surface area contributed by atoms with Crippen LogP contribution in [0.15, 0.2) is 30.3 Å². The second-order valence-electron chi connectivity index (χ2n) is 7.81. The van der Waals surface area contributed by atoms with E-state index in [-0.39, 0.29) is 18.8 Å². The Kier molecular flexibility index (Phi) is 11.3. The Morgan fingerprint density at radius 2 is 1.38 bits per heavy atom. The van der Waals surface area contributed by atoms with Crippen LogP contribution in [0.5, 0.6) is 0 Å². The molecular formula is C21H32N4O7. The monoisotopic (exact) mass is 452 g/mol. The minimum Gasteiger partial charge on any atom is -0.480 e. The number of amides is 3. The number of carbonyl (C=O) groups is 4. The van der Waals surface area contributed by atoms with Gasteiger partial charge in [-0.25, -0.2) is 4.79 Å². The Bertz CT molecular complexity index is 773. The molecule has 0 aliphatic rings. The van der Waals surface area contributed by atoms with E-state index in [0.717, 1.165) is 0 Å². The zero-order valence-corrected chi connectivity index (χ0v) is 18.2. The lowest BCUT2D eigenvalue weighted by Gasteiger charge is -2.24. The fraction of sp³-hybridized carbons (Fsp3) is 0.524. The molecule has 1 aromatic rings. The van der Waals surface area contributed by atoms with Gasteiger partial charge in [0, 0.05) is 6.42 Å². The van der Waals surface area contributed by atoms with Gasteiger partial charge in [0.2, 0.25) is 17.7 Å². The highest BCUT2D eigenvalue weighted by molar-refractivity contribution is 5.94. The molecule has 0 saturated carbocycles. The lowest BCUT2D eigenvalue weighted by atomic mass is 10.0. The van der Waals surface area contributed by atoms with Crippen molar-refractivity contribution in [2.45, 2.75) is 50.9 Å². The molecule has 1 rings (SSSR count). The summed E-state index contributed by atoms with van der Waals surface area (Å²) < 4.78 is 0. The van der Waals surface area contributed by atoms with Gasteiger partial charge in [0.15, 0.2) is 0 Å². The first kappa shape index (κ1) is 27.0. The van der Waals surface area contributed by atoms with Gasteiger partial charge in [0.25, 0.3) is 0 Å². The minimum absolute atomic E-state index is 0.0141. The van der Waals surface area contributed by atoms with Crippen molar-refractivity contribution in [1.82, 2.24) is 16.0 Å². The first-order chi connectivity index (χ1) is 15.1. The van der Waals surface area contributed by atoms with Crippen LogP contribution in [0.3, 0.4) is 0 Å². The number of carboxylic acids is 1. The zero-order valence-electron chi connectivity index (χ0n) is 18.2.